The zero-order valence-corrected chi connectivity index (χ0v) is 23.3. The van der Waals surface area contributed by atoms with Crippen LogP contribution in [0.1, 0.15) is 121 Å². The first-order valence-electron chi connectivity index (χ1n) is 12.0. The Balaban J connectivity index is 0.000000649. The van der Waals surface area contributed by atoms with Crippen molar-refractivity contribution in [1.82, 2.24) is 0 Å². The molecule has 0 spiro atoms. The molecule has 0 atom stereocenters. The van der Waals surface area contributed by atoms with E-state index in [4.69, 9.17) is 0 Å². The predicted octanol–water partition coefficient (Wildman–Crippen LogP) is 9.94. The lowest BCUT2D eigenvalue weighted by Crippen LogP contribution is -2.30. The maximum atomic E-state index is 9.41. The third kappa shape index (κ3) is 14.4. The first-order chi connectivity index (χ1) is 13.5. The Bertz CT molecular complexity index is 673. The van der Waals surface area contributed by atoms with Gasteiger partial charge in [0, 0.05) is 0 Å². The molecular formula is C30H54O. The molecule has 1 N–H and O–H groups in total. The van der Waals surface area contributed by atoms with Gasteiger partial charge < -0.3 is 5.11 Å². The van der Waals surface area contributed by atoms with Gasteiger partial charge >= 0.3 is 0 Å². The van der Waals surface area contributed by atoms with Gasteiger partial charge in [-0.15, -0.1) is 6.58 Å². The van der Waals surface area contributed by atoms with Gasteiger partial charge in [-0.3, -0.25) is 0 Å². The highest BCUT2D eigenvalue weighted by molar-refractivity contribution is 5.30. The van der Waals surface area contributed by atoms with E-state index in [-0.39, 0.29) is 5.41 Å². The van der Waals surface area contributed by atoms with Crippen LogP contribution in [-0.2, 0) is 5.41 Å². The number of allylic oxidation sites excluding steroid dienone is 1. The Labute approximate surface area is 195 Å². The normalized spacial score (nSPS) is 13.5. The van der Waals surface area contributed by atoms with Crippen molar-refractivity contribution in [2.45, 2.75) is 121 Å². The molecule has 0 heterocycles. The monoisotopic (exact) mass is 430 g/mol. The molecule has 0 saturated carbocycles. The van der Waals surface area contributed by atoms with E-state index in [2.05, 4.69) is 96.6 Å². The fraction of sp³-hybridized carbons (Fsp3) is 0.733. The summed E-state index contributed by atoms with van der Waals surface area (Å²) in [5.74, 6) is 0.341. The van der Waals surface area contributed by atoms with E-state index in [1.54, 1.807) is 12.1 Å². The number of phenols is 1. The van der Waals surface area contributed by atoms with E-state index in [0.717, 1.165) is 12.8 Å². The van der Waals surface area contributed by atoms with E-state index >= 15 is 0 Å². The highest BCUT2D eigenvalue weighted by Gasteiger charge is 2.33. The molecule has 0 bridgehead atoms. The van der Waals surface area contributed by atoms with E-state index in [9.17, 15) is 5.11 Å². The van der Waals surface area contributed by atoms with Gasteiger partial charge in [0.25, 0.3) is 0 Å². The van der Waals surface area contributed by atoms with Gasteiger partial charge in [-0.1, -0.05) is 101 Å². The van der Waals surface area contributed by atoms with E-state index in [1.165, 1.54) is 24.0 Å². The van der Waals surface area contributed by atoms with Gasteiger partial charge in [-0.25, -0.2) is 0 Å². The van der Waals surface area contributed by atoms with Gasteiger partial charge in [-0.05, 0) is 77.4 Å². The average Bonchev–Trinajstić information content (AvgIpc) is 2.39. The minimum atomic E-state index is 0.127. The molecule has 0 unspecified atom stereocenters. The summed E-state index contributed by atoms with van der Waals surface area (Å²) in [6.07, 6.45) is 4.75. The number of aromatic hydroxyl groups is 1. The van der Waals surface area contributed by atoms with Gasteiger partial charge in [0.15, 0.2) is 0 Å². The Morgan fingerprint density at radius 2 is 1.06 bits per heavy atom. The molecule has 0 aliphatic rings. The van der Waals surface area contributed by atoms with Crippen molar-refractivity contribution in [2.24, 2.45) is 21.7 Å². The number of rotatable bonds is 7. The second-order valence-corrected chi connectivity index (χ2v) is 14.5. The summed E-state index contributed by atoms with van der Waals surface area (Å²) >= 11 is 0. The van der Waals surface area contributed by atoms with Crippen LogP contribution in [0.5, 0.6) is 5.75 Å². The Morgan fingerprint density at radius 3 is 1.42 bits per heavy atom. The van der Waals surface area contributed by atoms with Crippen LogP contribution < -0.4 is 0 Å². The summed E-state index contributed by atoms with van der Waals surface area (Å²) < 4.78 is 0. The second-order valence-electron chi connectivity index (χ2n) is 14.5. The number of hydrogen-bond acceptors (Lipinski definition) is 1. The lowest BCUT2D eigenvalue weighted by atomic mass is 9.66. The summed E-state index contributed by atoms with van der Waals surface area (Å²) in [5.41, 5.74) is 4.22. The molecule has 0 radical (unpaired) electrons. The highest BCUT2D eigenvalue weighted by atomic mass is 16.3. The Morgan fingerprint density at radius 1 is 0.677 bits per heavy atom. The summed E-state index contributed by atoms with van der Waals surface area (Å²) in [7, 11) is 0. The molecule has 1 aromatic rings. The fourth-order valence-electron chi connectivity index (χ4n) is 6.02. The maximum absolute atomic E-state index is 9.41. The molecule has 1 rings (SSSR count). The maximum Gasteiger partial charge on any atom is 0.115 e. The van der Waals surface area contributed by atoms with Crippen LogP contribution >= 0.6 is 0 Å². The quantitative estimate of drug-likeness (QED) is 0.426. The van der Waals surface area contributed by atoms with E-state index < -0.39 is 0 Å². The van der Waals surface area contributed by atoms with Crippen LogP contribution in [0.4, 0.5) is 0 Å². The van der Waals surface area contributed by atoms with Crippen molar-refractivity contribution < 1.29 is 5.11 Å². The molecule has 180 valence electrons. The summed E-state index contributed by atoms with van der Waals surface area (Å²) in [6, 6.07) is 7.66. The van der Waals surface area contributed by atoms with Crippen molar-refractivity contribution in [1.29, 1.82) is 0 Å². The van der Waals surface area contributed by atoms with Crippen LogP contribution in [0.3, 0.4) is 0 Å². The van der Waals surface area contributed by atoms with Crippen molar-refractivity contribution in [3.8, 4) is 5.75 Å². The zero-order valence-electron chi connectivity index (χ0n) is 23.3. The lowest BCUT2D eigenvalue weighted by molar-refractivity contribution is 0.166. The van der Waals surface area contributed by atoms with Gasteiger partial charge in [0.2, 0.25) is 0 Å². The van der Waals surface area contributed by atoms with Crippen LogP contribution in [0.2, 0.25) is 0 Å². The Kier molecular flexibility index (Phi) is 10.2. The van der Waals surface area contributed by atoms with Crippen molar-refractivity contribution in [3.05, 3.63) is 42.0 Å². The van der Waals surface area contributed by atoms with Gasteiger partial charge in [0.05, 0.1) is 0 Å². The summed E-state index contributed by atoms with van der Waals surface area (Å²) in [4.78, 5) is 0. The first kappa shape index (κ1) is 29.8. The molecule has 0 aliphatic heterocycles. The smallest absolute Gasteiger partial charge is 0.115 e. The van der Waals surface area contributed by atoms with Crippen molar-refractivity contribution >= 4 is 0 Å². The minimum Gasteiger partial charge on any atom is -0.508 e. The van der Waals surface area contributed by atoms with E-state index in [1.807, 2.05) is 12.1 Å². The first-order valence-corrected chi connectivity index (χ1v) is 12.0. The third-order valence-corrected chi connectivity index (χ3v) is 5.37. The van der Waals surface area contributed by atoms with Gasteiger partial charge in [0.1, 0.15) is 5.75 Å². The molecular weight excluding hydrogens is 376 g/mol. The number of phenolic OH excluding ortho intramolecular Hbond substituents is 1. The van der Waals surface area contributed by atoms with Crippen LogP contribution in [0, 0.1) is 21.7 Å². The lowest BCUT2D eigenvalue weighted by Gasteiger charge is -2.39. The predicted molar refractivity (Wildman–Crippen MR) is 141 cm³/mol. The van der Waals surface area contributed by atoms with E-state index in [0.29, 0.717) is 27.4 Å². The SMILES string of the molecule is C=C(C)CC(C)(C)CC(C)(C)C.CC(C)(C)CC(C)(C)CC(C)(C)c1ccc(O)cc1. The van der Waals surface area contributed by atoms with Crippen molar-refractivity contribution in [2.75, 3.05) is 0 Å². The molecule has 0 fully saturated rings. The molecule has 0 saturated heterocycles. The van der Waals surface area contributed by atoms with Crippen LogP contribution in [-0.4, -0.2) is 5.11 Å². The Hall–Kier alpha value is -1.24. The summed E-state index contributed by atoms with van der Waals surface area (Å²) in [5, 5.41) is 9.41. The molecule has 1 aromatic carbocycles. The standard InChI is InChI=1S/C18H30O.C12H24/c1-16(2,3)12-17(4,5)13-18(6,7)14-8-10-15(19)11-9-14;1-10(2)8-12(6,7)9-11(3,4)5/h8-11,19H,12-13H2,1-7H3;1,8-9H2,2-7H3. The minimum absolute atomic E-state index is 0.127. The number of hydrogen-bond donors (Lipinski definition) is 1. The van der Waals surface area contributed by atoms with Crippen molar-refractivity contribution in [3.63, 3.8) is 0 Å². The molecule has 1 nitrogen and oxygen atoms in total. The van der Waals surface area contributed by atoms with Gasteiger partial charge in [-0.2, -0.15) is 0 Å². The summed E-state index contributed by atoms with van der Waals surface area (Å²) in [6.45, 7) is 33.9. The average molecular weight is 431 g/mol. The molecule has 0 amide bonds. The van der Waals surface area contributed by atoms with Crippen LogP contribution in [0.15, 0.2) is 36.4 Å². The molecule has 1 heteroatoms. The topological polar surface area (TPSA) is 20.2 Å². The largest absolute Gasteiger partial charge is 0.508 e. The molecule has 0 aliphatic carbocycles. The zero-order chi connectivity index (χ0) is 24.9. The second kappa shape index (κ2) is 10.6. The fourth-order valence-corrected chi connectivity index (χ4v) is 6.02. The molecule has 0 aromatic heterocycles. The number of benzene rings is 1. The van der Waals surface area contributed by atoms with Crippen LogP contribution in [0.25, 0.3) is 0 Å². The third-order valence-electron chi connectivity index (χ3n) is 5.37. The molecule has 31 heavy (non-hydrogen) atoms. The highest BCUT2D eigenvalue weighted by Crippen LogP contribution is 2.43.